The van der Waals surface area contributed by atoms with Crippen molar-refractivity contribution in [3.05, 3.63) is 23.8 Å². The Morgan fingerprint density at radius 3 is 2.58 bits per heavy atom. The third kappa shape index (κ3) is 3.41. The molecule has 1 N–H and O–H groups in total. The van der Waals surface area contributed by atoms with E-state index in [1.807, 2.05) is 12.1 Å². The van der Waals surface area contributed by atoms with Crippen molar-refractivity contribution >= 4 is 0 Å². The van der Waals surface area contributed by atoms with Crippen molar-refractivity contribution in [2.24, 2.45) is 5.92 Å². The van der Waals surface area contributed by atoms with Crippen molar-refractivity contribution in [3.63, 3.8) is 0 Å². The zero-order valence-corrected chi connectivity index (χ0v) is 12.2. The Bertz CT molecular complexity index is 400. The van der Waals surface area contributed by atoms with E-state index in [0.717, 1.165) is 29.5 Å². The molecule has 1 saturated carbocycles. The molecule has 0 amide bonds. The van der Waals surface area contributed by atoms with Gasteiger partial charge in [-0.2, -0.15) is 0 Å². The summed E-state index contributed by atoms with van der Waals surface area (Å²) in [5.74, 6) is 2.48. The van der Waals surface area contributed by atoms with Crippen LogP contribution in [0, 0.1) is 5.92 Å². The molecule has 1 atom stereocenters. The number of ether oxygens (including phenoxy) is 2. The highest BCUT2D eigenvalue weighted by atomic mass is 16.5. The van der Waals surface area contributed by atoms with E-state index in [-0.39, 0.29) is 0 Å². The van der Waals surface area contributed by atoms with Gasteiger partial charge >= 0.3 is 0 Å². The summed E-state index contributed by atoms with van der Waals surface area (Å²) in [6.07, 6.45) is 5.51. The number of hydrogen-bond acceptors (Lipinski definition) is 3. The molecular formula is C16H25NO2. The number of methoxy groups -OCH3 is 2. The van der Waals surface area contributed by atoms with E-state index < -0.39 is 0 Å². The van der Waals surface area contributed by atoms with Gasteiger partial charge in [-0.25, -0.2) is 0 Å². The highest BCUT2D eigenvalue weighted by Gasteiger charge is 2.21. The largest absolute Gasteiger partial charge is 0.493 e. The molecule has 3 nitrogen and oxygen atoms in total. The second-order valence-corrected chi connectivity index (χ2v) is 5.37. The lowest BCUT2D eigenvalue weighted by Crippen LogP contribution is -2.31. The van der Waals surface area contributed by atoms with Gasteiger partial charge in [0.05, 0.1) is 14.2 Å². The summed E-state index contributed by atoms with van der Waals surface area (Å²) in [4.78, 5) is 0. The summed E-state index contributed by atoms with van der Waals surface area (Å²) in [6.45, 7) is 3.13. The van der Waals surface area contributed by atoms with Gasteiger partial charge in [0.2, 0.25) is 0 Å². The number of hydrogen-bond donors (Lipinski definition) is 1. The van der Waals surface area contributed by atoms with Gasteiger partial charge in [-0.3, -0.25) is 0 Å². The van der Waals surface area contributed by atoms with Crippen LogP contribution in [0.4, 0.5) is 0 Å². The maximum absolute atomic E-state index is 5.46. The minimum Gasteiger partial charge on any atom is -0.493 e. The van der Waals surface area contributed by atoms with Crippen molar-refractivity contribution in [1.29, 1.82) is 0 Å². The molecule has 0 heterocycles. The first kappa shape index (κ1) is 14.2. The first-order chi connectivity index (χ1) is 9.26. The standard InChI is InChI=1S/C16H25NO2/c1-12(13-7-4-5-8-13)17-11-14-9-6-10-15(18-2)16(14)19-3/h6,9-10,12-13,17H,4-5,7-8,11H2,1-3H3/t12-/m1/s1. The molecule has 1 aromatic carbocycles. The Kier molecular flexibility index (Phi) is 5.08. The minimum absolute atomic E-state index is 0.568. The van der Waals surface area contributed by atoms with Gasteiger partial charge in [-0.1, -0.05) is 25.0 Å². The van der Waals surface area contributed by atoms with Crippen LogP contribution < -0.4 is 14.8 Å². The van der Waals surface area contributed by atoms with Gasteiger partial charge in [0, 0.05) is 18.2 Å². The fourth-order valence-corrected chi connectivity index (χ4v) is 2.99. The van der Waals surface area contributed by atoms with Gasteiger partial charge in [-0.15, -0.1) is 0 Å². The van der Waals surface area contributed by atoms with Crippen LogP contribution in [0.3, 0.4) is 0 Å². The number of benzene rings is 1. The van der Waals surface area contributed by atoms with Crippen LogP contribution in [0.2, 0.25) is 0 Å². The van der Waals surface area contributed by atoms with Gasteiger partial charge in [0.1, 0.15) is 0 Å². The smallest absolute Gasteiger partial charge is 0.165 e. The average Bonchev–Trinajstić information content (AvgIpc) is 2.98. The molecule has 19 heavy (non-hydrogen) atoms. The molecule has 1 aromatic rings. The fraction of sp³-hybridized carbons (Fsp3) is 0.625. The predicted octanol–water partition coefficient (Wildman–Crippen LogP) is 3.37. The molecule has 3 heteroatoms. The van der Waals surface area contributed by atoms with Crippen molar-refractivity contribution in [2.45, 2.75) is 45.2 Å². The van der Waals surface area contributed by atoms with E-state index >= 15 is 0 Å². The fourth-order valence-electron chi connectivity index (χ4n) is 2.99. The second-order valence-electron chi connectivity index (χ2n) is 5.37. The third-order valence-corrected chi connectivity index (χ3v) is 4.21. The van der Waals surface area contributed by atoms with E-state index in [2.05, 4.69) is 18.3 Å². The van der Waals surface area contributed by atoms with Crippen LogP contribution in [0.25, 0.3) is 0 Å². The molecule has 0 unspecified atom stereocenters. The van der Waals surface area contributed by atoms with Gasteiger partial charge in [0.25, 0.3) is 0 Å². The van der Waals surface area contributed by atoms with E-state index in [9.17, 15) is 0 Å². The maximum Gasteiger partial charge on any atom is 0.165 e. The Labute approximate surface area is 116 Å². The first-order valence-electron chi connectivity index (χ1n) is 7.19. The zero-order chi connectivity index (χ0) is 13.7. The predicted molar refractivity (Wildman–Crippen MR) is 77.8 cm³/mol. The molecule has 1 aliphatic carbocycles. The van der Waals surface area contributed by atoms with E-state index in [1.165, 1.54) is 25.7 Å². The Hall–Kier alpha value is -1.22. The Morgan fingerprint density at radius 2 is 1.95 bits per heavy atom. The first-order valence-corrected chi connectivity index (χ1v) is 7.19. The van der Waals surface area contributed by atoms with Crippen molar-refractivity contribution in [1.82, 2.24) is 5.32 Å². The topological polar surface area (TPSA) is 30.5 Å². The molecule has 1 fully saturated rings. The summed E-state index contributed by atoms with van der Waals surface area (Å²) < 4.78 is 10.8. The van der Waals surface area contributed by atoms with Crippen LogP contribution in [0.15, 0.2) is 18.2 Å². The highest BCUT2D eigenvalue weighted by Crippen LogP contribution is 2.31. The zero-order valence-electron chi connectivity index (χ0n) is 12.2. The summed E-state index contributed by atoms with van der Waals surface area (Å²) in [5.41, 5.74) is 1.16. The third-order valence-electron chi connectivity index (χ3n) is 4.21. The van der Waals surface area contributed by atoms with E-state index in [0.29, 0.717) is 6.04 Å². The molecule has 0 aliphatic heterocycles. The van der Waals surface area contributed by atoms with Crippen LogP contribution in [0.1, 0.15) is 38.2 Å². The summed E-state index contributed by atoms with van der Waals surface area (Å²) in [5, 5.41) is 3.63. The minimum atomic E-state index is 0.568. The number of para-hydroxylation sites is 1. The average molecular weight is 263 g/mol. The highest BCUT2D eigenvalue weighted by molar-refractivity contribution is 5.46. The Balaban J connectivity index is 1.98. The van der Waals surface area contributed by atoms with Crippen LogP contribution in [-0.2, 0) is 6.54 Å². The van der Waals surface area contributed by atoms with Gasteiger partial charge in [0.15, 0.2) is 11.5 Å². The second kappa shape index (κ2) is 6.80. The molecule has 2 rings (SSSR count). The van der Waals surface area contributed by atoms with Crippen LogP contribution >= 0.6 is 0 Å². The number of rotatable bonds is 6. The molecule has 0 bridgehead atoms. The normalized spacial score (nSPS) is 17.4. The molecule has 0 radical (unpaired) electrons. The monoisotopic (exact) mass is 263 g/mol. The summed E-state index contributed by atoms with van der Waals surface area (Å²) in [6, 6.07) is 6.61. The molecular weight excluding hydrogens is 238 g/mol. The molecule has 106 valence electrons. The van der Waals surface area contributed by atoms with E-state index in [1.54, 1.807) is 14.2 Å². The SMILES string of the molecule is COc1cccc(CN[C@H](C)C2CCCC2)c1OC. The van der Waals surface area contributed by atoms with Crippen LogP contribution in [-0.4, -0.2) is 20.3 Å². The van der Waals surface area contributed by atoms with Gasteiger partial charge < -0.3 is 14.8 Å². The maximum atomic E-state index is 5.46. The quantitative estimate of drug-likeness (QED) is 0.853. The summed E-state index contributed by atoms with van der Waals surface area (Å²) in [7, 11) is 3.37. The molecule has 0 spiro atoms. The molecule has 0 saturated heterocycles. The van der Waals surface area contributed by atoms with Crippen molar-refractivity contribution in [3.8, 4) is 11.5 Å². The lowest BCUT2D eigenvalue weighted by molar-refractivity contribution is 0.344. The van der Waals surface area contributed by atoms with Crippen molar-refractivity contribution < 1.29 is 9.47 Å². The van der Waals surface area contributed by atoms with E-state index in [4.69, 9.17) is 9.47 Å². The lowest BCUT2D eigenvalue weighted by atomic mass is 9.99. The molecule has 1 aliphatic rings. The number of nitrogens with one attached hydrogen (secondary N) is 1. The lowest BCUT2D eigenvalue weighted by Gasteiger charge is -2.21. The van der Waals surface area contributed by atoms with Crippen LogP contribution in [0.5, 0.6) is 11.5 Å². The van der Waals surface area contributed by atoms with Gasteiger partial charge in [-0.05, 0) is 31.7 Å². The Morgan fingerprint density at radius 1 is 1.21 bits per heavy atom. The summed E-state index contributed by atoms with van der Waals surface area (Å²) >= 11 is 0. The molecule has 0 aromatic heterocycles. The van der Waals surface area contributed by atoms with Crippen molar-refractivity contribution in [2.75, 3.05) is 14.2 Å².